The number of rotatable bonds is 3. The van der Waals surface area contributed by atoms with Crippen molar-refractivity contribution in [3.05, 3.63) is 84.1 Å². The first-order chi connectivity index (χ1) is 10.1. The minimum atomic E-state index is -0.322. The molecule has 4 N–H and O–H groups in total. The van der Waals surface area contributed by atoms with Crippen molar-refractivity contribution in [2.45, 2.75) is 18.4 Å². The Morgan fingerprint density at radius 1 is 0.905 bits per heavy atom. The van der Waals surface area contributed by atoms with E-state index < -0.39 is 0 Å². The number of nitrogens with two attached hydrogens (primary N) is 2. The highest BCUT2D eigenvalue weighted by molar-refractivity contribution is 5.63. The molecule has 1 atom stereocenters. The first kappa shape index (κ1) is 13.7. The molecule has 2 heteroatoms. The Hall–Kier alpha value is -2.32. The van der Waals surface area contributed by atoms with Crippen molar-refractivity contribution in [2.24, 2.45) is 11.5 Å². The Labute approximate surface area is 125 Å². The highest BCUT2D eigenvalue weighted by Crippen LogP contribution is 2.24. The van der Waals surface area contributed by atoms with Gasteiger partial charge in [-0.2, -0.15) is 0 Å². The highest BCUT2D eigenvalue weighted by atomic mass is 14.7. The van der Waals surface area contributed by atoms with Crippen LogP contribution in [0.5, 0.6) is 0 Å². The lowest BCUT2D eigenvalue weighted by molar-refractivity contribution is 0.525. The second-order valence-corrected chi connectivity index (χ2v) is 5.71. The Kier molecular flexibility index (Phi) is 3.63. The van der Waals surface area contributed by atoms with Crippen molar-refractivity contribution >= 4 is 0 Å². The van der Waals surface area contributed by atoms with E-state index >= 15 is 0 Å². The van der Waals surface area contributed by atoms with Gasteiger partial charge < -0.3 is 11.5 Å². The summed E-state index contributed by atoms with van der Waals surface area (Å²) in [6.07, 6.45) is 7.53. The molecule has 2 nitrogen and oxygen atoms in total. The first-order valence-electron chi connectivity index (χ1n) is 7.23. The Bertz CT molecular complexity index is 668. The van der Waals surface area contributed by atoms with Crippen molar-refractivity contribution in [2.75, 3.05) is 0 Å². The first-order valence-corrected chi connectivity index (χ1v) is 7.23. The molecular formula is C19H20N2. The van der Waals surface area contributed by atoms with Crippen LogP contribution in [0.4, 0.5) is 0 Å². The van der Waals surface area contributed by atoms with Gasteiger partial charge in [0.25, 0.3) is 0 Å². The Morgan fingerprint density at radius 3 is 2.19 bits per heavy atom. The van der Waals surface area contributed by atoms with Crippen LogP contribution in [-0.2, 0) is 6.42 Å². The fraction of sp³-hybridized carbons (Fsp3) is 0.158. The summed E-state index contributed by atoms with van der Waals surface area (Å²) in [6, 6.07) is 19.0. The fourth-order valence-corrected chi connectivity index (χ4v) is 2.66. The van der Waals surface area contributed by atoms with E-state index in [1.807, 2.05) is 24.3 Å². The molecule has 0 radical (unpaired) electrons. The van der Waals surface area contributed by atoms with Gasteiger partial charge in [-0.05, 0) is 35.6 Å². The Morgan fingerprint density at radius 2 is 1.57 bits per heavy atom. The van der Waals surface area contributed by atoms with Gasteiger partial charge in [0, 0.05) is 11.2 Å². The van der Waals surface area contributed by atoms with Gasteiger partial charge in [-0.1, -0.05) is 66.7 Å². The molecule has 1 aliphatic carbocycles. The van der Waals surface area contributed by atoms with Crippen LogP contribution < -0.4 is 11.5 Å². The predicted molar refractivity (Wildman–Crippen MR) is 88.5 cm³/mol. The fourth-order valence-electron chi connectivity index (χ4n) is 2.66. The minimum Gasteiger partial charge on any atom is -0.399 e. The van der Waals surface area contributed by atoms with Crippen LogP contribution in [0, 0.1) is 0 Å². The monoisotopic (exact) mass is 276 g/mol. The zero-order chi connectivity index (χ0) is 14.7. The third-order valence-electron chi connectivity index (χ3n) is 3.92. The number of hydrogen-bond acceptors (Lipinski definition) is 2. The average Bonchev–Trinajstić information content (AvgIpc) is 2.52. The lowest BCUT2D eigenvalue weighted by Gasteiger charge is -2.27. The summed E-state index contributed by atoms with van der Waals surface area (Å²) in [5, 5.41) is 0. The largest absolute Gasteiger partial charge is 0.399 e. The van der Waals surface area contributed by atoms with Crippen molar-refractivity contribution in [3.63, 3.8) is 0 Å². The van der Waals surface area contributed by atoms with Gasteiger partial charge in [0.05, 0.1) is 0 Å². The van der Waals surface area contributed by atoms with Gasteiger partial charge in [-0.25, -0.2) is 0 Å². The standard InChI is InChI=1S/C19H20N2/c20-18-10-12-19(21,13-11-18)14-15-6-8-17(9-7-15)16-4-2-1-3-5-16/h1-12H,13-14,20-21H2. The van der Waals surface area contributed by atoms with Gasteiger partial charge >= 0.3 is 0 Å². The van der Waals surface area contributed by atoms with Crippen molar-refractivity contribution in [3.8, 4) is 11.1 Å². The molecular weight excluding hydrogens is 256 g/mol. The number of hydrogen-bond donors (Lipinski definition) is 2. The van der Waals surface area contributed by atoms with E-state index in [-0.39, 0.29) is 5.54 Å². The van der Waals surface area contributed by atoms with E-state index in [1.54, 1.807) is 0 Å². The van der Waals surface area contributed by atoms with Gasteiger partial charge in [-0.15, -0.1) is 0 Å². The molecule has 1 unspecified atom stereocenters. The zero-order valence-electron chi connectivity index (χ0n) is 12.0. The molecule has 0 heterocycles. The number of allylic oxidation sites excluding steroid dienone is 1. The predicted octanol–water partition coefficient (Wildman–Crippen LogP) is 3.40. The summed E-state index contributed by atoms with van der Waals surface area (Å²) in [6.45, 7) is 0. The van der Waals surface area contributed by atoms with E-state index in [1.165, 1.54) is 16.7 Å². The Balaban J connectivity index is 1.75. The summed E-state index contributed by atoms with van der Waals surface area (Å²) in [4.78, 5) is 0. The number of benzene rings is 2. The van der Waals surface area contributed by atoms with E-state index in [0.29, 0.717) is 0 Å². The third-order valence-corrected chi connectivity index (χ3v) is 3.92. The molecule has 21 heavy (non-hydrogen) atoms. The van der Waals surface area contributed by atoms with E-state index in [2.05, 4.69) is 48.5 Å². The second-order valence-electron chi connectivity index (χ2n) is 5.71. The molecule has 0 bridgehead atoms. The molecule has 0 aromatic heterocycles. The SMILES string of the molecule is NC1=CCC(N)(Cc2ccc(-c3ccccc3)cc2)C=C1. The third kappa shape index (κ3) is 3.23. The zero-order valence-corrected chi connectivity index (χ0v) is 12.0. The topological polar surface area (TPSA) is 52.0 Å². The summed E-state index contributed by atoms with van der Waals surface area (Å²) in [5.41, 5.74) is 16.4. The molecule has 0 saturated carbocycles. The quantitative estimate of drug-likeness (QED) is 0.902. The van der Waals surface area contributed by atoms with Gasteiger partial charge in [0.1, 0.15) is 0 Å². The maximum Gasteiger partial charge on any atom is 0.0419 e. The lowest BCUT2D eigenvalue weighted by Crippen LogP contribution is -2.40. The molecule has 0 saturated heterocycles. The molecule has 0 fully saturated rings. The van der Waals surface area contributed by atoms with Crippen molar-refractivity contribution in [1.29, 1.82) is 0 Å². The van der Waals surface area contributed by atoms with Crippen LogP contribution in [0.1, 0.15) is 12.0 Å². The van der Waals surface area contributed by atoms with Crippen LogP contribution >= 0.6 is 0 Å². The smallest absolute Gasteiger partial charge is 0.0419 e. The molecule has 0 amide bonds. The summed E-state index contributed by atoms with van der Waals surface area (Å²) in [5.74, 6) is 0. The minimum absolute atomic E-state index is 0.322. The molecule has 1 aliphatic rings. The summed E-state index contributed by atoms with van der Waals surface area (Å²) < 4.78 is 0. The lowest BCUT2D eigenvalue weighted by atomic mass is 9.85. The molecule has 3 rings (SSSR count). The van der Waals surface area contributed by atoms with E-state index in [9.17, 15) is 0 Å². The molecule has 0 aliphatic heterocycles. The van der Waals surface area contributed by atoms with Crippen molar-refractivity contribution in [1.82, 2.24) is 0 Å². The molecule has 106 valence electrons. The maximum atomic E-state index is 6.42. The van der Waals surface area contributed by atoms with Crippen LogP contribution in [0.25, 0.3) is 11.1 Å². The van der Waals surface area contributed by atoms with Gasteiger partial charge in [0.2, 0.25) is 0 Å². The van der Waals surface area contributed by atoms with Crippen LogP contribution in [0.2, 0.25) is 0 Å². The molecule has 0 spiro atoms. The van der Waals surface area contributed by atoms with Crippen LogP contribution in [-0.4, -0.2) is 5.54 Å². The molecule has 2 aromatic rings. The molecule has 2 aromatic carbocycles. The summed E-state index contributed by atoms with van der Waals surface area (Å²) in [7, 11) is 0. The maximum absolute atomic E-state index is 6.42. The van der Waals surface area contributed by atoms with E-state index in [0.717, 1.165) is 18.5 Å². The van der Waals surface area contributed by atoms with E-state index in [4.69, 9.17) is 11.5 Å². The average molecular weight is 276 g/mol. The van der Waals surface area contributed by atoms with Crippen LogP contribution in [0.3, 0.4) is 0 Å². The highest BCUT2D eigenvalue weighted by Gasteiger charge is 2.23. The normalized spacial score (nSPS) is 21.1. The van der Waals surface area contributed by atoms with Crippen LogP contribution in [0.15, 0.2) is 78.5 Å². The van der Waals surface area contributed by atoms with Gasteiger partial charge in [-0.3, -0.25) is 0 Å². The second kappa shape index (κ2) is 5.58. The van der Waals surface area contributed by atoms with Crippen molar-refractivity contribution < 1.29 is 0 Å². The summed E-state index contributed by atoms with van der Waals surface area (Å²) >= 11 is 0. The van der Waals surface area contributed by atoms with Gasteiger partial charge in [0.15, 0.2) is 0 Å².